The van der Waals surface area contributed by atoms with Crippen LogP contribution >= 0.6 is 0 Å². The summed E-state index contributed by atoms with van der Waals surface area (Å²) in [5, 5.41) is 20.5. The second kappa shape index (κ2) is 14.9. The van der Waals surface area contributed by atoms with Gasteiger partial charge >= 0.3 is 11.9 Å². The Labute approximate surface area is 233 Å². The van der Waals surface area contributed by atoms with E-state index in [1.165, 1.54) is 25.3 Å². The highest BCUT2D eigenvalue weighted by atomic mass is 16.6. The number of carbonyl (C=O) groups excluding carboxylic acids is 2. The fourth-order valence-electron chi connectivity index (χ4n) is 4.77. The Kier molecular flexibility index (Phi) is 11.4. The lowest BCUT2D eigenvalue weighted by atomic mass is 9.74. The average molecular weight is 553 g/mol. The second-order valence-corrected chi connectivity index (χ2v) is 9.31. The van der Waals surface area contributed by atoms with Crippen LogP contribution in [0.25, 0.3) is 0 Å². The number of nitro benzene ring substituents is 1. The van der Waals surface area contributed by atoms with Crippen LogP contribution in [0.5, 0.6) is 5.75 Å². The van der Waals surface area contributed by atoms with Crippen molar-refractivity contribution in [2.24, 2.45) is 10.9 Å². The van der Waals surface area contributed by atoms with E-state index in [9.17, 15) is 19.7 Å². The van der Waals surface area contributed by atoms with Crippen LogP contribution in [0, 0.1) is 16.0 Å². The molecule has 0 radical (unpaired) electrons. The lowest BCUT2D eigenvalue weighted by molar-refractivity contribution is -0.384. The number of esters is 2. The minimum Gasteiger partial charge on any atom is -0.493 e. The van der Waals surface area contributed by atoms with Gasteiger partial charge in [0.25, 0.3) is 5.69 Å². The van der Waals surface area contributed by atoms with Crippen LogP contribution in [-0.4, -0.2) is 54.6 Å². The van der Waals surface area contributed by atoms with E-state index in [4.69, 9.17) is 19.3 Å². The molecule has 2 unspecified atom stereocenters. The number of allylic oxidation sites excluding steroid dienone is 1. The Balaban J connectivity index is 1.78. The molecule has 1 N–H and O–H groups in total. The van der Waals surface area contributed by atoms with Crippen molar-refractivity contribution >= 4 is 23.3 Å². The zero-order valence-electron chi connectivity index (χ0n) is 23.1. The number of carbonyl (C=O) groups is 2. The Bertz CT molecular complexity index is 1250. The predicted octanol–water partition coefficient (Wildman–Crippen LogP) is 4.93. The van der Waals surface area contributed by atoms with E-state index in [1.807, 2.05) is 38.1 Å². The molecule has 1 heterocycles. The number of aliphatic hydroxyl groups excluding tert-OH is 1. The SMILES string of the molecule is CCC1=NC(CC)=C(C(=O)OCCCOc2ccc(CCCO)cc2)C(c2cccc([N+](=O)[O-])c2)C1C(=O)OC. The summed E-state index contributed by atoms with van der Waals surface area (Å²) in [6, 6.07) is 13.5. The van der Waals surface area contributed by atoms with Crippen LogP contribution in [0.2, 0.25) is 0 Å². The third kappa shape index (κ3) is 7.53. The van der Waals surface area contributed by atoms with Crippen molar-refractivity contribution in [2.75, 3.05) is 26.9 Å². The number of methoxy groups -OCH3 is 1. The molecule has 0 aromatic heterocycles. The van der Waals surface area contributed by atoms with Gasteiger partial charge in [0.15, 0.2) is 0 Å². The van der Waals surface area contributed by atoms with Crippen LogP contribution in [0.3, 0.4) is 0 Å². The number of aliphatic hydroxyl groups is 1. The summed E-state index contributed by atoms with van der Waals surface area (Å²) in [7, 11) is 1.26. The quantitative estimate of drug-likeness (QED) is 0.151. The lowest BCUT2D eigenvalue weighted by Crippen LogP contribution is -2.37. The standard InChI is InChI=1S/C30H36N2O8/c1-4-24-27(29(34)38-3)26(21-10-6-11-22(19-21)32(36)37)28(25(5-2)31-24)30(35)40-18-8-17-39-23-14-12-20(13-15-23)9-7-16-33/h6,10-15,19,26-27,33H,4-5,7-9,16-18H2,1-3H3. The molecular weight excluding hydrogens is 516 g/mol. The van der Waals surface area contributed by atoms with Crippen LogP contribution < -0.4 is 4.74 Å². The first kappa shape index (κ1) is 30.5. The first-order valence-corrected chi connectivity index (χ1v) is 13.5. The van der Waals surface area contributed by atoms with E-state index in [0.717, 1.165) is 12.0 Å². The van der Waals surface area contributed by atoms with Crippen molar-refractivity contribution in [1.82, 2.24) is 0 Å². The van der Waals surface area contributed by atoms with Gasteiger partial charge in [-0.05, 0) is 48.9 Å². The van der Waals surface area contributed by atoms with Gasteiger partial charge in [0.2, 0.25) is 0 Å². The normalized spacial score (nSPS) is 16.8. The van der Waals surface area contributed by atoms with Crippen LogP contribution in [0.4, 0.5) is 5.69 Å². The number of ether oxygens (including phenoxy) is 3. The molecule has 0 spiro atoms. The fourth-order valence-corrected chi connectivity index (χ4v) is 4.77. The number of aliphatic imine (C=N–C) groups is 1. The molecule has 0 saturated heterocycles. The molecule has 2 atom stereocenters. The van der Waals surface area contributed by atoms with E-state index in [1.54, 1.807) is 6.07 Å². The summed E-state index contributed by atoms with van der Waals surface area (Å²) in [5.41, 5.74) is 2.64. The summed E-state index contributed by atoms with van der Waals surface area (Å²) in [6.07, 6.45) is 2.77. The number of nitro groups is 1. The molecule has 0 amide bonds. The van der Waals surface area contributed by atoms with Gasteiger partial charge in [-0.2, -0.15) is 0 Å². The topological polar surface area (TPSA) is 138 Å². The Morgan fingerprint density at radius 1 is 1.05 bits per heavy atom. The zero-order valence-corrected chi connectivity index (χ0v) is 23.1. The van der Waals surface area contributed by atoms with Gasteiger partial charge in [0.05, 0.1) is 36.5 Å². The number of hydrogen-bond acceptors (Lipinski definition) is 9. The second-order valence-electron chi connectivity index (χ2n) is 9.31. The molecule has 214 valence electrons. The summed E-state index contributed by atoms with van der Waals surface area (Å²) in [6.45, 7) is 4.25. The van der Waals surface area contributed by atoms with Gasteiger partial charge in [-0.25, -0.2) is 4.79 Å². The van der Waals surface area contributed by atoms with E-state index in [2.05, 4.69) is 4.99 Å². The molecule has 10 nitrogen and oxygen atoms in total. The molecule has 10 heteroatoms. The maximum absolute atomic E-state index is 13.5. The first-order valence-electron chi connectivity index (χ1n) is 13.5. The molecule has 2 aromatic carbocycles. The van der Waals surface area contributed by atoms with Crippen molar-refractivity contribution in [3.8, 4) is 5.75 Å². The van der Waals surface area contributed by atoms with E-state index >= 15 is 0 Å². The van der Waals surface area contributed by atoms with Gasteiger partial charge in [-0.3, -0.25) is 19.9 Å². The maximum Gasteiger partial charge on any atom is 0.336 e. The smallest absolute Gasteiger partial charge is 0.336 e. The monoisotopic (exact) mass is 552 g/mol. The highest BCUT2D eigenvalue weighted by molar-refractivity contribution is 6.07. The number of nitrogens with zero attached hydrogens (tertiary/aromatic N) is 2. The zero-order chi connectivity index (χ0) is 29.1. The predicted molar refractivity (Wildman–Crippen MR) is 149 cm³/mol. The van der Waals surface area contributed by atoms with Crippen molar-refractivity contribution in [2.45, 2.75) is 51.9 Å². The summed E-state index contributed by atoms with van der Waals surface area (Å²) >= 11 is 0. The highest BCUT2D eigenvalue weighted by Crippen LogP contribution is 2.42. The number of rotatable bonds is 14. The van der Waals surface area contributed by atoms with Crippen LogP contribution in [0.1, 0.15) is 56.6 Å². The van der Waals surface area contributed by atoms with Crippen LogP contribution in [0.15, 0.2) is 64.8 Å². The minimum absolute atomic E-state index is 0.0722. The molecule has 1 aliphatic rings. The third-order valence-corrected chi connectivity index (χ3v) is 6.74. The van der Waals surface area contributed by atoms with Gasteiger partial charge in [-0.1, -0.05) is 38.1 Å². The summed E-state index contributed by atoms with van der Waals surface area (Å²) < 4.78 is 16.4. The molecular formula is C30H36N2O8. The van der Waals surface area contributed by atoms with Crippen LogP contribution in [-0.2, 0) is 25.5 Å². The molecule has 0 fully saturated rings. The number of hydrogen-bond donors (Lipinski definition) is 1. The maximum atomic E-state index is 13.5. The minimum atomic E-state index is -0.918. The summed E-state index contributed by atoms with van der Waals surface area (Å²) in [5.74, 6) is -2.28. The molecule has 2 aromatic rings. The largest absolute Gasteiger partial charge is 0.493 e. The summed E-state index contributed by atoms with van der Waals surface area (Å²) in [4.78, 5) is 42.1. The lowest BCUT2D eigenvalue weighted by Gasteiger charge is -2.32. The highest BCUT2D eigenvalue weighted by Gasteiger charge is 2.43. The van der Waals surface area contributed by atoms with Crippen molar-refractivity contribution < 1.29 is 33.8 Å². The van der Waals surface area contributed by atoms with E-state index in [0.29, 0.717) is 55.0 Å². The number of aryl methyl sites for hydroxylation is 1. The Morgan fingerprint density at radius 3 is 2.42 bits per heavy atom. The molecule has 0 bridgehead atoms. The van der Waals surface area contributed by atoms with Gasteiger partial charge in [0.1, 0.15) is 11.7 Å². The molecule has 0 saturated carbocycles. The van der Waals surface area contributed by atoms with Crippen molar-refractivity contribution in [3.63, 3.8) is 0 Å². The first-order chi connectivity index (χ1) is 19.3. The molecule has 1 aliphatic heterocycles. The van der Waals surface area contributed by atoms with Gasteiger partial charge in [-0.15, -0.1) is 0 Å². The molecule has 0 aliphatic carbocycles. The third-order valence-electron chi connectivity index (χ3n) is 6.74. The number of non-ortho nitro benzene ring substituents is 1. The molecule has 40 heavy (non-hydrogen) atoms. The van der Waals surface area contributed by atoms with E-state index in [-0.39, 0.29) is 24.5 Å². The number of benzene rings is 2. The molecule has 3 rings (SSSR count). The van der Waals surface area contributed by atoms with Crippen molar-refractivity contribution in [1.29, 1.82) is 0 Å². The Morgan fingerprint density at radius 2 is 1.80 bits per heavy atom. The fraction of sp³-hybridized carbons (Fsp3) is 0.433. The van der Waals surface area contributed by atoms with Gasteiger partial charge in [0, 0.05) is 36.8 Å². The van der Waals surface area contributed by atoms with Crippen molar-refractivity contribution in [3.05, 3.63) is 81.0 Å². The average Bonchev–Trinajstić information content (AvgIpc) is 2.98. The van der Waals surface area contributed by atoms with E-state index < -0.39 is 28.7 Å². The Hall–Kier alpha value is -4.05. The van der Waals surface area contributed by atoms with Gasteiger partial charge < -0.3 is 19.3 Å².